The van der Waals surface area contributed by atoms with E-state index in [2.05, 4.69) is 18.8 Å². The zero-order valence-electron chi connectivity index (χ0n) is 12.4. The Hall–Kier alpha value is -2.10. The first-order valence-electron chi connectivity index (χ1n) is 7.49. The Morgan fingerprint density at radius 2 is 2.05 bits per heavy atom. The van der Waals surface area contributed by atoms with Gasteiger partial charge in [0.25, 0.3) is 5.91 Å². The predicted molar refractivity (Wildman–Crippen MR) is 83.5 cm³/mol. The van der Waals surface area contributed by atoms with Crippen LogP contribution in [0.1, 0.15) is 37.0 Å². The highest BCUT2D eigenvalue weighted by atomic mass is 16.2. The maximum atomic E-state index is 12.9. The number of H-pyrrole nitrogens is 1. The third-order valence-corrected chi connectivity index (χ3v) is 3.79. The Morgan fingerprint density at radius 1 is 1.33 bits per heavy atom. The molecule has 1 N–H and O–H groups in total. The zero-order chi connectivity index (χ0) is 15.0. The lowest BCUT2D eigenvalue weighted by atomic mass is 10.1. The molecule has 1 aromatic heterocycles. The molecule has 2 aromatic rings. The second kappa shape index (κ2) is 5.35. The van der Waals surface area contributed by atoms with Gasteiger partial charge in [0.05, 0.1) is 5.56 Å². The normalized spacial score (nSPS) is 14.6. The summed E-state index contributed by atoms with van der Waals surface area (Å²) in [5.41, 5.74) is 1.01. The standard InChI is InChI=1S/C17H20N2O2/c1-11(2)10-19(12-7-8-12)17(21)14-9-16(20)18-15-6-4-3-5-13(14)15/h3-6,9,11-12H,7-8,10H2,1-2H3,(H,18,20). The fourth-order valence-corrected chi connectivity index (χ4v) is 2.71. The van der Waals surface area contributed by atoms with E-state index in [1.165, 1.54) is 6.07 Å². The molecular formula is C17H20N2O2. The summed E-state index contributed by atoms with van der Waals surface area (Å²) >= 11 is 0. The van der Waals surface area contributed by atoms with E-state index in [-0.39, 0.29) is 11.5 Å². The fourth-order valence-electron chi connectivity index (χ4n) is 2.71. The Labute approximate surface area is 123 Å². The van der Waals surface area contributed by atoms with Gasteiger partial charge in [0, 0.05) is 29.6 Å². The van der Waals surface area contributed by atoms with Crippen LogP contribution in [-0.4, -0.2) is 28.4 Å². The first kappa shape index (κ1) is 13.9. The van der Waals surface area contributed by atoms with Crippen molar-refractivity contribution in [3.8, 4) is 0 Å². The van der Waals surface area contributed by atoms with Crippen LogP contribution >= 0.6 is 0 Å². The number of fused-ring (bicyclic) bond motifs is 1. The number of pyridine rings is 1. The molecule has 1 amide bonds. The molecule has 1 heterocycles. The molecule has 0 unspecified atom stereocenters. The van der Waals surface area contributed by atoms with Crippen LogP contribution in [-0.2, 0) is 0 Å². The number of hydrogen-bond donors (Lipinski definition) is 1. The molecule has 0 bridgehead atoms. The lowest BCUT2D eigenvalue weighted by Gasteiger charge is -2.25. The van der Waals surface area contributed by atoms with Crippen LogP contribution in [0.15, 0.2) is 35.1 Å². The number of carbonyl (C=O) groups is 1. The highest BCUT2D eigenvalue weighted by Gasteiger charge is 2.33. The van der Waals surface area contributed by atoms with Gasteiger partial charge < -0.3 is 9.88 Å². The Balaban J connectivity index is 2.06. The molecule has 0 spiro atoms. The molecular weight excluding hydrogens is 264 g/mol. The average molecular weight is 284 g/mol. The van der Waals surface area contributed by atoms with Crippen molar-refractivity contribution in [1.82, 2.24) is 9.88 Å². The predicted octanol–water partition coefficient (Wildman–Crippen LogP) is 2.79. The van der Waals surface area contributed by atoms with Gasteiger partial charge in [-0.2, -0.15) is 0 Å². The van der Waals surface area contributed by atoms with E-state index in [9.17, 15) is 9.59 Å². The van der Waals surface area contributed by atoms with E-state index >= 15 is 0 Å². The summed E-state index contributed by atoms with van der Waals surface area (Å²) in [4.78, 5) is 29.4. The van der Waals surface area contributed by atoms with Crippen molar-refractivity contribution in [2.24, 2.45) is 5.92 Å². The number of benzene rings is 1. The lowest BCUT2D eigenvalue weighted by Crippen LogP contribution is -2.36. The number of nitrogens with one attached hydrogen (secondary N) is 1. The van der Waals surface area contributed by atoms with Crippen LogP contribution in [0.5, 0.6) is 0 Å². The van der Waals surface area contributed by atoms with E-state index in [4.69, 9.17) is 0 Å². The minimum atomic E-state index is -0.225. The third kappa shape index (κ3) is 2.84. The van der Waals surface area contributed by atoms with Crippen molar-refractivity contribution in [2.75, 3.05) is 6.54 Å². The second-order valence-electron chi connectivity index (χ2n) is 6.18. The van der Waals surface area contributed by atoms with Crippen LogP contribution in [0.25, 0.3) is 10.9 Å². The number of rotatable bonds is 4. The van der Waals surface area contributed by atoms with Gasteiger partial charge in [-0.3, -0.25) is 9.59 Å². The van der Waals surface area contributed by atoms with Crippen molar-refractivity contribution in [3.63, 3.8) is 0 Å². The number of para-hydroxylation sites is 1. The van der Waals surface area contributed by atoms with Gasteiger partial charge in [-0.1, -0.05) is 32.0 Å². The zero-order valence-corrected chi connectivity index (χ0v) is 12.4. The van der Waals surface area contributed by atoms with Crippen molar-refractivity contribution >= 4 is 16.8 Å². The summed E-state index contributed by atoms with van der Waals surface area (Å²) < 4.78 is 0. The lowest BCUT2D eigenvalue weighted by molar-refractivity contribution is 0.0724. The van der Waals surface area contributed by atoms with Gasteiger partial charge >= 0.3 is 0 Å². The summed E-state index contributed by atoms with van der Waals surface area (Å²) in [5.74, 6) is 0.399. The average Bonchev–Trinajstić information content (AvgIpc) is 3.27. The van der Waals surface area contributed by atoms with E-state index < -0.39 is 0 Å². The van der Waals surface area contributed by atoms with Crippen LogP contribution in [0, 0.1) is 5.92 Å². The molecule has 1 aliphatic carbocycles. The topological polar surface area (TPSA) is 53.2 Å². The van der Waals surface area contributed by atoms with Gasteiger partial charge in [-0.15, -0.1) is 0 Å². The quantitative estimate of drug-likeness (QED) is 0.938. The van der Waals surface area contributed by atoms with Gasteiger partial charge in [0.15, 0.2) is 0 Å². The highest BCUT2D eigenvalue weighted by Crippen LogP contribution is 2.30. The van der Waals surface area contributed by atoms with Gasteiger partial charge in [0.2, 0.25) is 5.56 Å². The van der Waals surface area contributed by atoms with E-state index in [1.807, 2.05) is 29.2 Å². The Bertz CT molecular complexity index is 729. The van der Waals surface area contributed by atoms with Crippen molar-refractivity contribution in [1.29, 1.82) is 0 Å². The van der Waals surface area contributed by atoms with Crippen LogP contribution in [0.2, 0.25) is 0 Å². The first-order chi connectivity index (χ1) is 10.1. The summed E-state index contributed by atoms with van der Waals surface area (Å²) in [5, 5.41) is 0.816. The highest BCUT2D eigenvalue weighted by molar-refractivity contribution is 6.06. The molecule has 0 saturated heterocycles. The molecule has 0 atom stereocenters. The minimum absolute atomic E-state index is 0.0199. The summed E-state index contributed by atoms with van der Waals surface area (Å²) in [7, 11) is 0. The molecule has 1 aromatic carbocycles. The fraction of sp³-hybridized carbons (Fsp3) is 0.412. The number of hydrogen-bond acceptors (Lipinski definition) is 2. The SMILES string of the molecule is CC(C)CN(C(=O)c1cc(=O)[nH]c2ccccc12)C1CC1. The molecule has 0 aliphatic heterocycles. The summed E-state index contributed by atoms with van der Waals surface area (Å²) in [6, 6.07) is 9.25. The van der Waals surface area contributed by atoms with Crippen molar-refractivity contribution in [3.05, 3.63) is 46.2 Å². The van der Waals surface area contributed by atoms with Crippen molar-refractivity contribution < 1.29 is 4.79 Å². The minimum Gasteiger partial charge on any atom is -0.335 e. The molecule has 4 nitrogen and oxygen atoms in total. The second-order valence-corrected chi connectivity index (χ2v) is 6.18. The molecule has 1 aliphatic rings. The summed E-state index contributed by atoms with van der Waals surface area (Å²) in [6.45, 7) is 4.96. The molecule has 1 fully saturated rings. The number of nitrogens with zero attached hydrogens (tertiary/aromatic N) is 1. The first-order valence-corrected chi connectivity index (χ1v) is 7.49. The largest absolute Gasteiger partial charge is 0.335 e. The van der Waals surface area contributed by atoms with Gasteiger partial charge in [-0.25, -0.2) is 0 Å². The third-order valence-electron chi connectivity index (χ3n) is 3.79. The monoisotopic (exact) mass is 284 g/mol. The Kier molecular flexibility index (Phi) is 3.53. The van der Waals surface area contributed by atoms with Gasteiger partial charge in [-0.05, 0) is 24.8 Å². The molecule has 21 heavy (non-hydrogen) atoms. The molecule has 1 saturated carbocycles. The smallest absolute Gasteiger partial charge is 0.255 e. The molecule has 0 radical (unpaired) electrons. The maximum absolute atomic E-state index is 12.9. The number of amides is 1. The number of carbonyl (C=O) groups excluding carboxylic acids is 1. The van der Waals surface area contributed by atoms with E-state index in [0.717, 1.165) is 24.8 Å². The molecule has 4 heteroatoms. The van der Waals surface area contributed by atoms with Crippen LogP contribution in [0.4, 0.5) is 0 Å². The van der Waals surface area contributed by atoms with Crippen LogP contribution < -0.4 is 5.56 Å². The van der Waals surface area contributed by atoms with Gasteiger partial charge in [0.1, 0.15) is 0 Å². The maximum Gasteiger partial charge on any atom is 0.255 e. The number of aromatic nitrogens is 1. The van der Waals surface area contributed by atoms with Crippen molar-refractivity contribution in [2.45, 2.75) is 32.7 Å². The van der Waals surface area contributed by atoms with E-state index in [0.29, 0.717) is 23.0 Å². The van der Waals surface area contributed by atoms with E-state index in [1.54, 1.807) is 0 Å². The number of aromatic amines is 1. The Morgan fingerprint density at radius 3 is 2.71 bits per heavy atom. The molecule has 3 rings (SSSR count). The van der Waals surface area contributed by atoms with Crippen LogP contribution in [0.3, 0.4) is 0 Å². The summed E-state index contributed by atoms with van der Waals surface area (Å²) in [6.07, 6.45) is 2.14. The molecule has 110 valence electrons.